The van der Waals surface area contributed by atoms with Crippen LogP contribution in [0.4, 0.5) is 5.69 Å². The van der Waals surface area contributed by atoms with Crippen molar-refractivity contribution in [1.29, 1.82) is 5.26 Å². The Morgan fingerprint density at radius 1 is 1.00 bits per heavy atom. The molecule has 0 aromatic heterocycles. The number of aryl methyl sites for hydroxylation is 1. The second kappa shape index (κ2) is 8.69. The van der Waals surface area contributed by atoms with Gasteiger partial charge in [0, 0.05) is 17.8 Å². The van der Waals surface area contributed by atoms with Crippen LogP contribution in [-0.2, 0) is 16.6 Å². The van der Waals surface area contributed by atoms with Crippen LogP contribution in [-0.4, -0.2) is 14.3 Å². The maximum absolute atomic E-state index is 12.7. The molecule has 0 saturated heterocycles. The zero-order chi connectivity index (χ0) is 20.9. The number of benzene rings is 3. The fourth-order valence-electron chi connectivity index (χ4n) is 2.74. The highest BCUT2D eigenvalue weighted by atomic mass is 32.2. The van der Waals surface area contributed by atoms with E-state index in [9.17, 15) is 13.2 Å². The molecular formula is C22H19N3O3S. The number of hydrogen-bond acceptors (Lipinski definition) is 4. The molecule has 2 N–H and O–H groups in total. The molecule has 0 aliphatic rings. The molecule has 3 aromatic carbocycles. The van der Waals surface area contributed by atoms with Gasteiger partial charge in [0.25, 0.3) is 5.91 Å². The number of amides is 1. The van der Waals surface area contributed by atoms with Gasteiger partial charge in [0.15, 0.2) is 0 Å². The van der Waals surface area contributed by atoms with Crippen molar-refractivity contribution in [3.63, 3.8) is 0 Å². The van der Waals surface area contributed by atoms with Crippen LogP contribution in [0.15, 0.2) is 77.7 Å². The molecule has 0 aliphatic carbocycles. The highest BCUT2D eigenvalue weighted by Gasteiger charge is 2.18. The van der Waals surface area contributed by atoms with Crippen molar-refractivity contribution in [3.05, 3.63) is 95.1 Å². The predicted molar refractivity (Wildman–Crippen MR) is 111 cm³/mol. The Balaban J connectivity index is 1.81. The average Bonchev–Trinajstić information content (AvgIpc) is 2.73. The molecule has 0 heterocycles. The summed E-state index contributed by atoms with van der Waals surface area (Å²) in [6, 6.07) is 22.1. The molecule has 3 rings (SSSR count). The maximum atomic E-state index is 12.7. The topological polar surface area (TPSA) is 99.1 Å². The number of sulfonamides is 1. The summed E-state index contributed by atoms with van der Waals surface area (Å²) < 4.78 is 27.9. The highest BCUT2D eigenvalue weighted by Crippen LogP contribution is 2.18. The fraction of sp³-hybridized carbons (Fsp3) is 0.0909. The predicted octanol–water partition coefficient (Wildman–Crippen LogP) is 3.60. The van der Waals surface area contributed by atoms with Crippen molar-refractivity contribution < 1.29 is 13.2 Å². The Morgan fingerprint density at radius 3 is 2.48 bits per heavy atom. The van der Waals surface area contributed by atoms with Gasteiger partial charge < -0.3 is 5.32 Å². The second-order valence-electron chi connectivity index (χ2n) is 6.43. The van der Waals surface area contributed by atoms with E-state index in [2.05, 4.69) is 10.0 Å². The van der Waals surface area contributed by atoms with Gasteiger partial charge >= 0.3 is 0 Å². The van der Waals surface area contributed by atoms with Crippen molar-refractivity contribution in [2.24, 2.45) is 0 Å². The van der Waals surface area contributed by atoms with Crippen LogP contribution in [0.1, 0.15) is 27.0 Å². The third kappa shape index (κ3) is 5.08. The Kier molecular flexibility index (Phi) is 6.07. The normalized spacial score (nSPS) is 10.9. The van der Waals surface area contributed by atoms with Crippen molar-refractivity contribution in [2.75, 3.05) is 5.32 Å². The number of carbonyl (C=O) groups is 1. The first-order chi connectivity index (χ1) is 13.9. The van der Waals surface area contributed by atoms with Crippen molar-refractivity contribution in [2.45, 2.75) is 18.4 Å². The molecule has 7 heteroatoms. The lowest BCUT2D eigenvalue weighted by molar-refractivity contribution is 0.102. The number of nitrogens with zero attached hydrogens (tertiary/aromatic N) is 1. The molecule has 0 bridgehead atoms. The van der Waals surface area contributed by atoms with Gasteiger partial charge in [0.1, 0.15) is 0 Å². The summed E-state index contributed by atoms with van der Waals surface area (Å²) in [6.45, 7) is 1.88. The van der Waals surface area contributed by atoms with Crippen LogP contribution in [0.5, 0.6) is 0 Å². The average molecular weight is 405 g/mol. The van der Waals surface area contributed by atoms with E-state index in [0.717, 1.165) is 5.56 Å². The van der Waals surface area contributed by atoms with E-state index < -0.39 is 15.9 Å². The monoisotopic (exact) mass is 405 g/mol. The zero-order valence-electron chi connectivity index (χ0n) is 15.7. The van der Waals surface area contributed by atoms with Crippen LogP contribution in [0, 0.1) is 18.3 Å². The Hall–Kier alpha value is -3.47. The minimum atomic E-state index is -3.79. The molecule has 0 unspecified atom stereocenters. The van der Waals surface area contributed by atoms with E-state index in [0.29, 0.717) is 16.8 Å². The van der Waals surface area contributed by atoms with E-state index in [1.807, 2.05) is 36.4 Å². The van der Waals surface area contributed by atoms with Gasteiger partial charge in [-0.1, -0.05) is 42.5 Å². The van der Waals surface area contributed by atoms with Crippen LogP contribution in [0.2, 0.25) is 0 Å². The van der Waals surface area contributed by atoms with Crippen molar-refractivity contribution >= 4 is 21.6 Å². The molecule has 0 spiro atoms. The van der Waals surface area contributed by atoms with Gasteiger partial charge in [0.05, 0.1) is 16.5 Å². The number of carbonyl (C=O) groups excluding carboxylic acids is 1. The maximum Gasteiger partial charge on any atom is 0.255 e. The number of hydrogen-bond donors (Lipinski definition) is 2. The Morgan fingerprint density at radius 2 is 1.76 bits per heavy atom. The minimum absolute atomic E-state index is 0.00922. The van der Waals surface area contributed by atoms with Crippen LogP contribution >= 0.6 is 0 Å². The first kappa shape index (κ1) is 20.3. The first-order valence-corrected chi connectivity index (χ1v) is 10.3. The van der Waals surface area contributed by atoms with Gasteiger partial charge in [-0.25, -0.2) is 13.1 Å². The summed E-state index contributed by atoms with van der Waals surface area (Å²) in [4.78, 5) is 12.7. The number of nitrogens with one attached hydrogen (secondary N) is 2. The van der Waals surface area contributed by atoms with E-state index in [-0.39, 0.29) is 17.0 Å². The fourth-order valence-corrected chi connectivity index (χ4v) is 3.78. The summed E-state index contributed by atoms with van der Waals surface area (Å²) in [5.74, 6) is -0.447. The highest BCUT2D eigenvalue weighted by molar-refractivity contribution is 7.89. The van der Waals surface area contributed by atoms with E-state index >= 15 is 0 Å². The summed E-state index contributed by atoms with van der Waals surface area (Å²) in [5, 5.41) is 11.7. The first-order valence-electron chi connectivity index (χ1n) is 8.85. The number of rotatable bonds is 6. The molecule has 0 aliphatic heterocycles. The lowest BCUT2D eigenvalue weighted by Crippen LogP contribution is -2.24. The van der Waals surface area contributed by atoms with Crippen LogP contribution in [0.3, 0.4) is 0 Å². The largest absolute Gasteiger partial charge is 0.322 e. The smallest absolute Gasteiger partial charge is 0.255 e. The van der Waals surface area contributed by atoms with Crippen molar-refractivity contribution in [1.82, 2.24) is 4.72 Å². The Labute approximate surface area is 169 Å². The quantitative estimate of drug-likeness (QED) is 0.654. The molecule has 29 heavy (non-hydrogen) atoms. The second-order valence-corrected chi connectivity index (χ2v) is 8.20. The lowest BCUT2D eigenvalue weighted by Gasteiger charge is -2.11. The SMILES string of the molecule is Cc1ccc(S(=O)(=O)NCc2ccccc2)cc1C(=O)Nc1cccc(C#N)c1. The third-order valence-corrected chi connectivity index (χ3v) is 5.72. The number of anilines is 1. The van der Waals surface area contributed by atoms with E-state index in [4.69, 9.17) is 5.26 Å². The van der Waals surface area contributed by atoms with Crippen LogP contribution in [0.25, 0.3) is 0 Å². The number of nitriles is 1. The molecule has 0 fully saturated rings. The van der Waals surface area contributed by atoms with Crippen molar-refractivity contribution in [3.8, 4) is 6.07 Å². The lowest BCUT2D eigenvalue weighted by atomic mass is 10.1. The van der Waals surface area contributed by atoms with Gasteiger partial charge in [0.2, 0.25) is 10.0 Å². The molecule has 3 aromatic rings. The molecule has 0 atom stereocenters. The Bertz CT molecular complexity index is 1180. The molecular weight excluding hydrogens is 386 g/mol. The summed E-state index contributed by atoms with van der Waals surface area (Å²) in [6.07, 6.45) is 0. The summed E-state index contributed by atoms with van der Waals surface area (Å²) in [7, 11) is -3.79. The van der Waals surface area contributed by atoms with Crippen LogP contribution < -0.4 is 10.0 Å². The molecule has 146 valence electrons. The van der Waals surface area contributed by atoms with Gasteiger partial charge in [-0.2, -0.15) is 5.26 Å². The standard InChI is InChI=1S/C22H19N3O3S/c1-16-10-11-20(29(27,28)24-15-17-6-3-2-4-7-17)13-21(16)22(26)25-19-9-5-8-18(12-19)14-23/h2-13,24H,15H2,1H3,(H,25,26). The summed E-state index contributed by atoms with van der Waals surface area (Å²) in [5.41, 5.74) is 2.60. The van der Waals surface area contributed by atoms with Gasteiger partial charge in [-0.05, 0) is 48.4 Å². The molecule has 0 saturated carbocycles. The van der Waals surface area contributed by atoms with E-state index in [1.54, 1.807) is 37.3 Å². The summed E-state index contributed by atoms with van der Waals surface area (Å²) >= 11 is 0. The third-order valence-electron chi connectivity index (χ3n) is 4.32. The van der Waals surface area contributed by atoms with E-state index in [1.165, 1.54) is 12.1 Å². The molecule has 0 radical (unpaired) electrons. The molecule has 1 amide bonds. The van der Waals surface area contributed by atoms with Gasteiger partial charge in [-0.15, -0.1) is 0 Å². The zero-order valence-corrected chi connectivity index (χ0v) is 16.5. The van der Waals surface area contributed by atoms with Gasteiger partial charge in [-0.3, -0.25) is 4.79 Å². The molecule has 6 nitrogen and oxygen atoms in total. The minimum Gasteiger partial charge on any atom is -0.322 e.